The number of hydrogen-bond donors (Lipinski definition) is 1. The number of hydrogen-bond acceptors (Lipinski definition) is 4. The number of halogens is 2. The van der Waals surface area contributed by atoms with E-state index in [1.54, 1.807) is 0 Å². The van der Waals surface area contributed by atoms with E-state index < -0.39 is 5.82 Å². The molecule has 2 rings (SSSR count). The van der Waals surface area contributed by atoms with Crippen LogP contribution >= 0.6 is 12.4 Å². The third-order valence-corrected chi connectivity index (χ3v) is 2.88. The maximum Gasteiger partial charge on any atom is 0.225 e. The molecule has 4 nitrogen and oxygen atoms in total. The van der Waals surface area contributed by atoms with E-state index in [2.05, 4.69) is 15.3 Å². The van der Waals surface area contributed by atoms with E-state index >= 15 is 0 Å². The summed E-state index contributed by atoms with van der Waals surface area (Å²) in [5, 5.41) is 3.37. The molecule has 0 aromatic carbocycles. The molecular formula is C11H18ClFN4. The number of aromatic nitrogens is 2. The molecule has 1 N–H and O–H groups in total. The normalized spacial score (nSPS) is 19.5. The van der Waals surface area contributed by atoms with Gasteiger partial charge in [-0.1, -0.05) is 0 Å². The Kier molecular flexibility index (Phi) is 5.58. The van der Waals surface area contributed by atoms with Crippen LogP contribution in [0.25, 0.3) is 0 Å². The topological polar surface area (TPSA) is 41.0 Å². The summed E-state index contributed by atoms with van der Waals surface area (Å²) in [5.41, 5.74) is 0. The van der Waals surface area contributed by atoms with Crippen LogP contribution in [0.2, 0.25) is 0 Å². The minimum absolute atomic E-state index is 0. The minimum Gasteiger partial charge on any atom is -0.344 e. The summed E-state index contributed by atoms with van der Waals surface area (Å²) in [6.45, 7) is 3.08. The molecule has 1 unspecified atom stereocenters. The molecule has 0 aliphatic carbocycles. The highest BCUT2D eigenvalue weighted by Crippen LogP contribution is 2.13. The van der Waals surface area contributed by atoms with E-state index in [1.807, 2.05) is 11.9 Å². The average Bonchev–Trinajstić information content (AvgIpc) is 2.31. The Labute approximate surface area is 107 Å². The van der Waals surface area contributed by atoms with E-state index in [1.165, 1.54) is 25.2 Å². The summed E-state index contributed by atoms with van der Waals surface area (Å²) in [7, 11) is 1.95. The van der Waals surface area contributed by atoms with Crippen molar-refractivity contribution in [3.8, 4) is 0 Å². The first-order valence-electron chi connectivity index (χ1n) is 5.65. The fourth-order valence-corrected chi connectivity index (χ4v) is 2.05. The zero-order chi connectivity index (χ0) is 11.4. The van der Waals surface area contributed by atoms with Gasteiger partial charge in [-0.25, -0.2) is 14.4 Å². The average molecular weight is 261 g/mol. The lowest BCUT2D eigenvalue weighted by Crippen LogP contribution is -2.37. The minimum atomic E-state index is -0.392. The van der Waals surface area contributed by atoms with Gasteiger partial charge in [-0.05, 0) is 31.8 Å². The third-order valence-electron chi connectivity index (χ3n) is 2.88. The molecule has 0 saturated carbocycles. The van der Waals surface area contributed by atoms with E-state index in [4.69, 9.17) is 0 Å². The molecular weight excluding hydrogens is 243 g/mol. The molecule has 1 saturated heterocycles. The van der Waals surface area contributed by atoms with E-state index in [0.717, 1.165) is 19.6 Å². The van der Waals surface area contributed by atoms with Crippen LogP contribution in [0, 0.1) is 11.7 Å². The summed E-state index contributed by atoms with van der Waals surface area (Å²) >= 11 is 0. The van der Waals surface area contributed by atoms with Crippen molar-refractivity contribution in [2.45, 2.75) is 12.8 Å². The standard InChI is InChI=1S/C11H17FN4.ClH/c1-16(8-9-3-2-4-13-5-9)11-14-6-10(12)7-15-11;/h6-7,9,13H,2-5,8H2,1H3;1H. The molecule has 0 bridgehead atoms. The van der Waals surface area contributed by atoms with Crippen LogP contribution in [0.1, 0.15) is 12.8 Å². The molecule has 96 valence electrons. The molecule has 1 atom stereocenters. The van der Waals surface area contributed by atoms with Gasteiger partial charge < -0.3 is 10.2 Å². The number of nitrogens with one attached hydrogen (secondary N) is 1. The van der Waals surface area contributed by atoms with Crippen LogP contribution in [-0.4, -0.2) is 36.6 Å². The number of piperidine rings is 1. The van der Waals surface area contributed by atoms with Gasteiger partial charge >= 0.3 is 0 Å². The Morgan fingerprint density at radius 3 is 2.76 bits per heavy atom. The van der Waals surface area contributed by atoms with Gasteiger partial charge in [0, 0.05) is 13.6 Å². The lowest BCUT2D eigenvalue weighted by molar-refractivity contribution is 0.380. The Bertz CT molecular complexity index is 327. The van der Waals surface area contributed by atoms with Crippen LogP contribution in [-0.2, 0) is 0 Å². The lowest BCUT2D eigenvalue weighted by Gasteiger charge is -2.27. The fraction of sp³-hybridized carbons (Fsp3) is 0.636. The molecule has 1 aliphatic rings. The summed E-state index contributed by atoms with van der Waals surface area (Å²) in [4.78, 5) is 9.91. The largest absolute Gasteiger partial charge is 0.344 e. The van der Waals surface area contributed by atoms with Crippen LogP contribution in [0.15, 0.2) is 12.4 Å². The molecule has 0 spiro atoms. The van der Waals surface area contributed by atoms with Crippen molar-refractivity contribution in [3.05, 3.63) is 18.2 Å². The van der Waals surface area contributed by atoms with E-state index in [0.29, 0.717) is 11.9 Å². The van der Waals surface area contributed by atoms with Gasteiger partial charge in [0.15, 0.2) is 5.82 Å². The molecule has 1 aliphatic heterocycles. The van der Waals surface area contributed by atoms with Crippen LogP contribution in [0.5, 0.6) is 0 Å². The van der Waals surface area contributed by atoms with Gasteiger partial charge in [0.05, 0.1) is 12.4 Å². The quantitative estimate of drug-likeness (QED) is 0.894. The maximum atomic E-state index is 12.7. The van der Waals surface area contributed by atoms with Gasteiger partial charge in [0.1, 0.15) is 0 Å². The van der Waals surface area contributed by atoms with Crippen molar-refractivity contribution in [2.75, 3.05) is 31.6 Å². The maximum absolute atomic E-state index is 12.7. The molecule has 17 heavy (non-hydrogen) atoms. The Balaban J connectivity index is 0.00000144. The number of nitrogens with zero attached hydrogens (tertiary/aromatic N) is 3. The molecule has 1 aromatic heterocycles. The van der Waals surface area contributed by atoms with Gasteiger partial charge in [-0.15, -0.1) is 12.4 Å². The molecule has 0 amide bonds. The van der Waals surface area contributed by atoms with Gasteiger partial charge in [0.2, 0.25) is 5.95 Å². The first kappa shape index (κ1) is 14.1. The van der Waals surface area contributed by atoms with Crippen LogP contribution in [0.4, 0.5) is 10.3 Å². The predicted molar refractivity (Wildman–Crippen MR) is 68.1 cm³/mol. The van der Waals surface area contributed by atoms with Crippen LogP contribution < -0.4 is 10.2 Å². The first-order chi connectivity index (χ1) is 7.75. The highest BCUT2D eigenvalue weighted by Gasteiger charge is 2.16. The second-order valence-corrected chi connectivity index (χ2v) is 4.29. The van der Waals surface area contributed by atoms with E-state index in [9.17, 15) is 4.39 Å². The van der Waals surface area contributed by atoms with Crippen molar-refractivity contribution >= 4 is 18.4 Å². The molecule has 1 fully saturated rings. The lowest BCUT2D eigenvalue weighted by atomic mass is 9.99. The van der Waals surface area contributed by atoms with Crippen molar-refractivity contribution < 1.29 is 4.39 Å². The van der Waals surface area contributed by atoms with Crippen molar-refractivity contribution in [3.63, 3.8) is 0 Å². The molecule has 1 aromatic rings. The van der Waals surface area contributed by atoms with Gasteiger partial charge in [0.25, 0.3) is 0 Å². The van der Waals surface area contributed by atoms with Gasteiger partial charge in [-0.2, -0.15) is 0 Å². The second-order valence-electron chi connectivity index (χ2n) is 4.29. The first-order valence-corrected chi connectivity index (χ1v) is 5.65. The summed E-state index contributed by atoms with van der Waals surface area (Å²) in [6.07, 6.45) is 4.87. The highest BCUT2D eigenvalue weighted by molar-refractivity contribution is 5.85. The molecule has 2 heterocycles. The Morgan fingerprint density at radius 1 is 1.47 bits per heavy atom. The summed E-state index contributed by atoms with van der Waals surface area (Å²) in [5.74, 6) is 0.829. The second kappa shape index (κ2) is 6.71. The number of rotatable bonds is 3. The van der Waals surface area contributed by atoms with Crippen LogP contribution in [0.3, 0.4) is 0 Å². The molecule has 6 heteroatoms. The predicted octanol–water partition coefficient (Wildman–Crippen LogP) is 1.47. The highest BCUT2D eigenvalue weighted by atomic mass is 35.5. The van der Waals surface area contributed by atoms with Crippen molar-refractivity contribution in [2.24, 2.45) is 5.92 Å². The summed E-state index contributed by atoms with van der Waals surface area (Å²) < 4.78 is 12.7. The SMILES string of the molecule is CN(CC1CCCNC1)c1ncc(F)cn1.Cl. The number of anilines is 1. The fourth-order valence-electron chi connectivity index (χ4n) is 2.05. The van der Waals surface area contributed by atoms with E-state index in [-0.39, 0.29) is 12.4 Å². The zero-order valence-corrected chi connectivity index (χ0v) is 10.7. The third kappa shape index (κ3) is 4.09. The zero-order valence-electron chi connectivity index (χ0n) is 9.90. The smallest absolute Gasteiger partial charge is 0.225 e. The monoisotopic (exact) mass is 260 g/mol. The molecule has 0 radical (unpaired) electrons. The van der Waals surface area contributed by atoms with Crippen molar-refractivity contribution in [1.82, 2.24) is 15.3 Å². The Hall–Kier alpha value is -0.940. The van der Waals surface area contributed by atoms with Crippen molar-refractivity contribution in [1.29, 1.82) is 0 Å². The van der Waals surface area contributed by atoms with Gasteiger partial charge in [-0.3, -0.25) is 0 Å². The Morgan fingerprint density at radius 2 is 2.18 bits per heavy atom. The summed E-state index contributed by atoms with van der Waals surface area (Å²) in [6, 6.07) is 0.